The fourth-order valence-electron chi connectivity index (χ4n) is 4.07. The van der Waals surface area contributed by atoms with Crippen molar-refractivity contribution < 1.29 is 13.2 Å². The van der Waals surface area contributed by atoms with E-state index < -0.39 is 10.0 Å². The van der Waals surface area contributed by atoms with E-state index in [2.05, 4.69) is 0 Å². The molecule has 5 nitrogen and oxygen atoms in total. The Labute approximate surface area is 151 Å². The van der Waals surface area contributed by atoms with Gasteiger partial charge in [-0.05, 0) is 68.2 Å². The summed E-state index contributed by atoms with van der Waals surface area (Å²) in [6, 6.07) is 5.38. The summed E-state index contributed by atoms with van der Waals surface area (Å²) >= 11 is 0. The van der Waals surface area contributed by atoms with Crippen molar-refractivity contribution in [2.45, 2.75) is 44.9 Å². The van der Waals surface area contributed by atoms with Crippen LogP contribution in [-0.4, -0.2) is 49.7 Å². The van der Waals surface area contributed by atoms with Crippen LogP contribution < -0.4 is 0 Å². The summed E-state index contributed by atoms with van der Waals surface area (Å²) in [5, 5.41) is 0. The average Bonchev–Trinajstić information content (AvgIpc) is 3.08. The lowest BCUT2D eigenvalue weighted by Gasteiger charge is -2.34. The van der Waals surface area contributed by atoms with Gasteiger partial charge in [-0.15, -0.1) is 0 Å². The molecule has 3 rings (SSSR count). The molecular weight excluding hydrogens is 336 g/mol. The third kappa shape index (κ3) is 3.75. The Kier molecular flexibility index (Phi) is 5.21. The van der Waals surface area contributed by atoms with Crippen molar-refractivity contribution in [3.8, 4) is 0 Å². The first kappa shape index (κ1) is 18.4. The molecule has 0 aliphatic carbocycles. The SMILES string of the molecule is CC(=O)N1CCC(C2CCN(S(=O)(=O)c3ccc(C)c(C)c3)C2)CC1. The van der Waals surface area contributed by atoms with E-state index in [9.17, 15) is 13.2 Å². The van der Waals surface area contributed by atoms with Crippen LogP contribution >= 0.6 is 0 Å². The summed E-state index contributed by atoms with van der Waals surface area (Å²) in [6.07, 6.45) is 2.90. The highest BCUT2D eigenvalue weighted by atomic mass is 32.2. The Morgan fingerprint density at radius 3 is 2.24 bits per heavy atom. The molecule has 2 aliphatic rings. The van der Waals surface area contributed by atoms with Crippen molar-refractivity contribution in [1.29, 1.82) is 0 Å². The first-order chi connectivity index (χ1) is 11.8. The minimum Gasteiger partial charge on any atom is -0.343 e. The van der Waals surface area contributed by atoms with Gasteiger partial charge in [-0.1, -0.05) is 6.07 Å². The van der Waals surface area contributed by atoms with Crippen LogP contribution in [0.25, 0.3) is 0 Å². The standard InChI is InChI=1S/C19H28N2O3S/c1-14-4-5-19(12-15(14)2)25(23,24)21-11-8-18(13-21)17-6-9-20(10-7-17)16(3)22/h4-5,12,17-18H,6-11,13H2,1-3H3. The number of aryl methyl sites for hydroxylation is 2. The van der Waals surface area contributed by atoms with E-state index in [0.717, 1.165) is 43.5 Å². The number of carbonyl (C=O) groups excluding carboxylic acids is 1. The normalized spacial score (nSPS) is 23.2. The molecule has 0 bridgehead atoms. The number of likely N-dealkylation sites (tertiary alicyclic amines) is 1. The van der Waals surface area contributed by atoms with Crippen molar-refractivity contribution in [2.75, 3.05) is 26.2 Å². The number of rotatable bonds is 3. The zero-order valence-electron chi connectivity index (χ0n) is 15.4. The number of hydrogen-bond donors (Lipinski definition) is 0. The van der Waals surface area contributed by atoms with Crippen molar-refractivity contribution in [3.63, 3.8) is 0 Å². The van der Waals surface area contributed by atoms with Crippen LogP contribution in [0, 0.1) is 25.7 Å². The second kappa shape index (κ2) is 7.08. The van der Waals surface area contributed by atoms with Gasteiger partial charge in [0.1, 0.15) is 0 Å². The molecule has 0 saturated carbocycles. The minimum absolute atomic E-state index is 0.142. The van der Waals surface area contributed by atoms with Crippen molar-refractivity contribution in [3.05, 3.63) is 29.3 Å². The topological polar surface area (TPSA) is 57.7 Å². The third-order valence-corrected chi connectivity index (χ3v) is 7.82. The van der Waals surface area contributed by atoms with Gasteiger partial charge < -0.3 is 4.90 Å². The largest absolute Gasteiger partial charge is 0.343 e. The van der Waals surface area contributed by atoms with Crippen LogP contribution in [0.1, 0.15) is 37.3 Å². The molecular formula is C19H28N2O3S. The number of carbonyl (C=O) groups is 1. The maximum atomic E-state index is 12.9. The average molecular weight is 365 g/mol. The van der Waals surface area contributed by atoms with Gasteiger partial charge in [-0.3, -0.25) is 4.79 Å². The second-order valence-corrected chi connectivity index (χ2v) is 9.44. The van der Waals surface area contributed by atoms with Crippen molar-refractivity contribution in [1.82, 2.24) is 9.21 Å². The first-order valence-corrected chi connectivity index (χ1v) is 10.6. The van der Waals surface area contributed by atoms with Crippen LogP contribution in [0.3, 0.4) is 0 Å². The fourth-order valence-corrected chi connectivity index (χ4v) is 5.66. The molecule has 1 unspecified atom stereocenters. The van der Waals surface area contributed by atoms with Crippen LogP contribution in [-0.2, 0) is 14.8 Å². The summed E-state index contributed by atoms with van der Waals surface area (Å²) in [5.74, 6) is 1.08. The molecule has 2 heterocycles. The van der Waals surface area contributed by atoms with Gasteiger partial charge >= 0.3 is 0 Å². The molecule has 1 aromatic carbocycles. The van der Waals surface area contributed by atoms with E-state index in [0.29, 0.717) is 29.8 Å². The van der Waals surface area contributed by atoms with Crippen LogP contribution in [0.15, 0.2) is 23.1 Å². The van der Waals surface area contributed by atoms with E-state index in [1.54, 1.807) is 23.4 Å². The molecule has 2 aliphatic heterocycles. The van der Waals surface area contributed by atoms with Crippen molar-refractivity contribution in [2.24, 2.45) is 11.8 Å². The molecule has 0 spiro atoms. The lowest BCUT2D eigenvalue weighted by atomic mass is 9.84. The number of hydrogen-bond acceptors (Lipinski definition) is 3. The highest BCUT2D eigenvalue weighted by Gasteiger charge is 2.37. The minimum atomic E-state index is -3.40. The lowest BCUT2D eigenvalue weighted by Crippen LogP contribution is -2.39. The van der Waals surface area contributed by atoms with E-state index in [-0.39, 0.29) is 5.91 Å². The zero-order chi connectivity index (χ0) is 18.2. The summed E-state index contributed by atoms with van der Waals surface area (Å²) in [6.45, 7) is 8.39. The molecule has 25 heavy (non-hydrogen) atoms. The molecule has 0 aromatic heterocycles. The Balaban J connectivity index is 1.66. The number of piperidine rings is 1. The predicted molar refractivity (Wildman–Crippen MR) is 97.8 cm³/mol. The van der Waals surface area contributed by atoms with Gasteiger partial charge in [0.25, 0.3) is 0 Å². The number of amides is 1. The summed E-state index contributed by atoms with van der Waals surface area (Å²) < 4.78 is 27.5. The van der Waals surface area contributed by atoms with Crippen molar-refractivity contribution >= 4 is 15.9 Å². The second-order valence-electron chi connectivity index (χ2n) is 7.50. The Hall–Kier alpha value is -1.40. The maximum absolute atomic E-state index is 12.9. The van der Waals surface area contributed by atoms with Gasteiger partial charge in [0.05, 0.1) is 4.90 Å². The molecule has 2 fully saturated rings. The molecule has 0 radical (unpaired) electrons. The molecule has 1 amide bonds. The predicted octanol–water partition coefficient (Wildman–Crippen LogP) is 2.57. The molecule has 2 saturated heterocycles. The molecule has 6 heteroatoms. The zero-order valence-corrected chi connectivity index (χ0v) is 16.2. The van der Waals surface area contributed by atoms with Crippen LogP contribution in [0.5, 0.6) is 0 Å². The maximum Gasteiger partial charge on any atom is 0.243 e. The van der Waals surface area contributed by atoms with Gasteiger partial charge in [-0.25, -0.2) is 8.42 Å². The summed E-state index contributed by atoms with van der Waals surface area (Å²) in [4.78, 5) is 13.8. The molecule has 0 N–H and O–H groups in total. The van der Waals surface area contributed by atoms with Crippen LogP contribution in [0.4, 0.5) is 0 Å². The first-order valence-electron chi connectivity index (χ1n) is 9.12. The Morgan fingerprint density at radius 2 is 1.64 bits per heavy atom. The van der Waals surface area contributed by atoms with Gasteiger partial charge in [0.15, 0.2) is 0 Å². The Bertz CT molecular complexity index is 752. The fraction of sp³-hybridized carbons (Fsp3) is 0.632. The van der Waals surface area contributed by atoms with Gasteiger partial charge in [0, 0.05) is 33.1 Å². The van der Waals surface area contributed by atoms with E-state index in [4.69, 9.17) is 0 Å². The van der Waals surface area contributed by atoms with E-state index >= 15 is 0 Å². The molecule has 1 aromatic rings. The number of sulfonamides is 1. The smallest absolute Gasteiger partial charge is 0.243 e. The quantitative estimate of drug-likeness (QED) is 0.828. The van der Waals surface area contributed by atoms with Crippen LogP contribution in [0.2, 0.25) is 0 Å². The van der Waals surface area contributed by atoms with Gasteiger partial charge in [-0.2, -0.15) is 4.31 Å². The lowest BCUT2D eigenvalue weighted by molar-refractivity contribution is -0.130. The van der Waals surface area contributed by atoms with Gasteiger partial charge in [0.2, 0.25) is 15.9 Å². The number of benzene rings is 1. The highest BCUT2D eigenvalue weighted by Crippen LogP contribution is 2.34. The highest BCUT2D eigenvalue weighted by molar-refractivity contribution is 7.89. The third-order valence-electron chi connectivity index (χ3n) is 5.96. The van der Waals surface area contributed by atoms with E-state index in [1.165, 1.54) is 0 Å². The molecule has 1 atom stereocenters. The monoisotopic (exact) mass is 364 g/mol. The molecule has 138 valence electrons. The van der Waals surface area contributed by atoms with E-state index in [1.807, 2.05) is 24.8 Å². The number of nitrogens with zero attached hydrogens (tertiary/aromatic N) is 2. The summed E-state index contributed by atoms with van der Waals surface area (Å²) in [7, 11) is -3.40. The summed E-state index contributed by atoms with van der Waals surface area (Å²) in [5.41, 5.74) is 2.11. The Morgan fingerprint density at radius 1 is 1.00 bits per heavy atom.